The molecule has 0 amide bonds. The van der Waals surface area contributed by atoms with Crippen LogP contribution in [0.5, 0.6) is 5.88 Å². The van der Waals surface area contributed by atoms with Crippen molar-refractivity contribution in [3.8, 4) is 5.88 Å². The van der Waals surface area contributed by atoms with Crippen molar-refractivity contribution < 1.29 is 14.9 Å². The van der Waals surface area contributed by atoms with Crippen LogP contribution in [0.4, 0.5) is 0 Å². The lowest BCUT2D eigenvalue weighted by atomic mass is 10.1. The zero-order valence-electron chi connectivity index (χ0n) is 6.77. The molecule has 0 bridgehead atoms. The summed E-state index contributed by atoms with van der Waals surface area (Å²) in [4.78, 5) is 3.87. The molecular weight excluding hydrogens is 158 g/mol. The van der Waals surface area contributed by atoms with Gasteiger partial charge < -0.3 is 14.9 Å². The molecule has 0 aromatic carbocycles. The third kappa shape index (κ3) is 1.72. The number of hydrogen-bond acceptors (Lipinski definition) is 4. The van der Waals surface area contributed by atoms with Gasteiger partial charge >= 0.3 is 0 Å². The zero-order chi connectivity index (χ0) is 8.97. The molecule has 0 aliphatic heterocycles. The SMILES string of the molecule is COc1ncccc1C(O)CO. The van der Waals surface area contributed by atoms with E-state index in [2.05, 4.69) is 4.98 Å². The fourth-order valence-electron chi connectivity index (χ4n) is 0.926. The summed E-state index contributed by atoms with van der Waals surface area (Å²) in [5.74, 6) is 0.346. The van der Waals surface area contributed by atoms with Gasteiger partial charge in [-0.1, -0.05) is 0 Å². The molecule has 1 aromatic rings. The van der Waals surface area contributed by atoms with Gasteiger partial charge in [-0.15, -0.1) is 0 Å². The second-order valence-electron chi connectivity index (χ2n) is 2.30. The first-order chi connectivity index (χ1) is 5.79. The third-order valence-electron chi connectivity index (χ3n) is 1.53. The van der Waals surface area contributed by atoms with E-state index >= 15 is 0 Å². The molecule has 2 N–H and O–H groups in total. The Bertz CT molecular complexity index is 252. The summed E-state index contributed by atoms with van der Waals surface area (Å²) in [6, 6.07) is 3.34. The first kappa shape index (κ1) is 8.96. The van der Waals surface area contributed by atoms with Gasteiger partial charge in [-0.3, -0.25) is 0 Å². The van der Waals surface area contributed by atoms with Crippen molar-refractivity contribution in [2.45, 2.75) is 6.10 Å². The summed E-state index contributed by atoms with van der Waals surface area (Å²) in [6.45, 7) is -0.331. The number of aliphatic hydroxyl groups excluding tert-OH is 2. The molecule has 1 atom stereocenters. The quantitative estimate of drug-likeness (QED) is 0.674. The normalized spacial score (nSPS) is 12.6. The molecule has 0 aliphatic carbocycles. The second kappa shape index (κ2) is 4.04. The Morgan fingerprint density at radius 2 is 2.42 bits per heavy atom. The molecule has 0 saturated carbocycles. The van der Waals surface area contributed by atoms with Gasteiger partial charge in [0.2, 0.25) is 5.88 Å². The maximum absolute atomic E-state index is 9.27. The van der Waals surface area contributed by atoms with Crippen LogP contribution in [0.25, 0.3) is 0 Å². The maximum Gasteiger partial charge on any atom is 0.218 e. The molecule has 1 heterocycles. The van der Waals surface area contributed by atoms with Crippen LogP contribution >= 0.6 is 0 Å². The number of aromatic nitrogens is 1. The van der Waals surface area contributed by atoms with Crippen LogP contribution in [0.15, 0.2) is 18.3 Å². The molecule has 0 aliphatic rings. The fraction of sp³-hybridized carbons (Fsp3) is 0.375. The monoisotopic (exact) mass is 169 g/mol. The standard InChI is InChI=1S/C8H11NO3/c1-12-8-6(7(11)5-10)3-2-4-9-8/h2-4,7,10-11H,5H2,1H3. The van der Waals surface area contributed by atoms with Crippen molar-refractivity contribution in [3.05, 3.63) is 23.9 Å². The third-order valence-corrected chi connectivity index (χ3v) is 1.53. The number of pyridine rings is 1. The Morgan fingerprint density at radius 1 is 1.67 bits per heavy atom. The van der Waals surface area contributed by atoms with Gasteiger partial charge in [0.1, 0.15) is 6.10 Å². The predicted molar refractivity (Wildman–Crippen MR) is 42.8 cm³/mol. The summed E-state index contributed by atoms with van der Waals surface area (Å²) in [6.07, 6.45) is 0.639. The number of rotatable bonds is 3. The van der Waals surface area contributed by atoms with Crippen LogP contribution < -0.4 is 4.74 Å². The average Bonchev–Trinajstić information content (AvgIpc) is 2.16. The lowest BCUT2D eigenvalue weighted by Crippen LogP contribution is -2.05. The number of ether oxygens (including phenoxy) is 1. The van der Waals surface area contributed by atoms with E-state index in [0.29, 0.717) is 11.4 Å². The topological polar surface area (TPSA) is 62.6 Å². The molecular formula is C8H11NO3. The van der Waals surface area contributed by atoms with E-state index in [9.17, 15) is 5.11 Å². The Labute approximate surface area is 70.4 Å². The molecule has 0 spiro atoms. The van der Waals surface area contributed by atoms with Crippen molar-refractivity contribution in [3.63, 3.8) is 0 Å². The molecule has 0 radical (unpaired) electrons. The van der Waals surface area contributed by atoms with Crippen LogP contribution in [0.2, 0.25) is 0 Å². The smallest absolute Gasteiger partial charge is 0.218 e. The van der Waals surface area contributed by atoms with Crippen molar-refractivity contribution in [1.29, 1.82) is 0 Å². The van der Waals surface area contributed by atoms with Gasteiger partial charge in [-0.2, -0.15) is 0 Å². The molecule has 1 rings (SSSR count). The molecule has 4 nitrogen and oxygen atoms in total. The van der Waals surface area contributed by atoms with E-state index in [0.717, 1.165) is 0 Å². The van der Waals surface area contributed by atoms with E-state index in [1.165, 1.54) is 7.11 Å². The van der Waals surface area contributed by atoms with Crippen molar-refractivity contribution in [1.82, 2.24) is 4.98 Å². The molecule has 0 fully saturated rings. The van der Waals surface area contributed by atoms with Crippen LogP contribution in [-0.2, 0) is 0 Å². The van der Waals surface area contributed by atoms with E-state index in [1.54, 1.807) is 18.3 Å². The summed E-state index contributed by atoms with van der Waals surface area (Å²) in [5.41, 5.74) is 0.502. The minimum absolute atomic E-state index is 0.331. The first-order valence-corrected chi connectivity index (χ1v) is 3.57. The number of aliphatic hydroxyl groups is 2. The van der Waals surface area contributed by atoms with Crippen molar-refractivity contribution in [2.75, 3.05) is 13.7 Å². The van der Waals surface area contributed by atoms with Crippen LogP contribution in [-0.4, -0.2) is 28.9 Å². The number of hydrogen-bond donors (Lipinski definition) is 2. The second-order valence-corrected chi connectivity index (χ2v) is 2.30. The van der Waals surface area contributed by atoms with Gasteiger partial charge in [0.15, 0.2) is 0 Å². The first-order valence-electron chi connectivity index (χ1n) is 3.57. The molecule has 0 saturated heterocycles. The van der Waals surface area contributed by atoms with Crippen LogP contribution in [0.3, 0.4) is 0 Å². The summed E-state index contributed by atoms with van der Waals surface area (Å²) in [7, 11) is 1.47. The lowest BCUT2D eigenvalue weighted by molar-refractivity contribution is 0.0928. The molecule has 1 unspecified atom stereocenters. The zero-order valence-corrected chi connectivity index (χ0v) is 6.77. The van der Waals surface area contributed by atoms with Crippen molar-refractivity contribution >= 4 is 0 Å². The highest BCUT2D eigenvalue weighted by Crippen LogP contribution is 2.20. The Hall–Kier alpha value is -1.13. The molecule has 66 valence electrons. The van der Waals surface area contributed by atoms with Gasteiger partial charge in [-0.05, 0) is 12.1 Å². The number of methoxy groups -OCH3 is 1. The summed E-state index contributed by atoms with van der Waals surface area (Å²) >= 11 is 0. The average molecular weight is 169 g/mol. The van der Waals surface area contributed by atoms with E-state index < -0.39 is 6.10 Å². The maximum atomic E-state index is 9.27. The lowest BCUT2D eigenvalue weighted by Gasteiger charge is -2.10. The Kier molecular flexibility index (Phi) is 3.01. The summed E-state index contributed by atoms with van der Waals surface area (Å²) in [5, 5.41) is 17.9. The minimum atomic E-state index is -0.923. The van der Waals surface area contributed by atoms with Crippen molar-refractivity contribution in [2.24, 2.45) is 0 Å². The molecule has 4 heteroatoms. The largest absolute Gasteiger partial charge is 0.481 e. The van der Waals surface area contributed by atoms with Gasteiger partial charge in [0, 0.05) is 11.8 Å². The Morgan fingerprint density at radius 3 is 3.00 bits per heavy atom. The minimum Gasteiger partial charge on any atom is -0.481 e. The van der Waals surface area contributed by atoms with Crippen LogP contribution in [0.1, 0.15) is 11.7 Å². The van der Waals surface area contributed by atoms with E-state index in [1.807, 2.05) is 0 Å². The summed E-state index contributed by atoms with van der Waals surface area (Å²) < 4.78 is 4.89. The van der Waals surface area contributed by atoms with E-state index in [-0.39, 0.29) is 6.61 Å². The van der Waals surface area contributed by atoms with Gasteiger partial charge in [0.05, 0.1) is 13.7 Å². The van der Waals surface area contributed by atoms with E-state index in [4.69, 9.17) is 9.84 Å². The number of nitrogens with zero attached hydrogens (tertiary/aromatic N) is 1. The highest BCUT2D eigenvalue weighted by Gasteiger charge is 2.11. The fourth-order valence-corrected chi connectivity index (χ4v) is 0.926. The highest BCUT2D eigenvalue weighted by atomic mass is 16.5. The predicted octanol–water partition coefficient (Wildman–Crippen LogP) is 0.116. The highest BCUT2D eigenvalue weighted by molar-refractivity contribution is 5.27. The van der Waals surface area contributed by atoms with Gasteiger partial charge in [-0.25, -0.2) is 4.98 Å². The molecule has 12 heavy (non-hydrogen) atoms. The van der Waals surface area contributed by atoms with Crippen LogP contribution in [0, 0.1) is 0 Å². The van der Waals surface area contributed by atoms with Gasteiger partial charge in [0.25, 0.3) is 0 Å². The Balaban J connectivity index is 2.96. The molecule has 1 aromatic heterocycles.